The van der Waals surface area contributed by atoms with Crippen molar-refractivity contribution in [2.45, 2.75) is 18.7 Å². The fourth-order valence-electron chi connectivity index (χ4n) is 3.03. The molecule has 8 nitrogen and oxygen atoms in total. The Hall–Kier alpha value is -3.85. The number of sulfonamides is 1. The van der Waals surface area contributed by atoms with Gasteiger partial charge in [-0.05, 0) is 73.2 Å². The fourth-order valence-corrected chi connectivity index (χ4v) is 4.12. The number of ether oxygens (including phenoxy) is 1. The quantitative estimate of drug-likeness (QED) is 0.546. The lowest BCUT2D eigenvalue weighted by atomic mass is 10.1. The van der Waals surface area contributed by atoms with Crippen molar-refractivity contribution in [3.63, 3.8) is 0 Å². The van der Waals surface area contributed by atoms with Crippen LogP contribution in [0.3, 0.4) is 0 Å². The van der Waals surface area contributed by atoms with Gasteiger partial charge >= 0.3 is 0 Å². The minimum Gasteiger partial charge on any atom is -0.497 e. The summed E-state index contributed by atoms with van der Waals surface area (Å²) in [6, 6.07) is 17.6. The van der Waals surface area contributed by atoms with Crippen molar-refractivity contribution >= 4 is 38.9 Å². The molecule has 0 atom stereocenters. The van der Waals surface area contributed by atoms with Gasteiger partial charge in [0.05, 0.1) is 12.0 Å². The third-order valence-corrected chi connectivity index (χ3v) is 6.47. The molecule has 0 fully saturated rings. The van der Waals surface area contributed by atoms with Crippen LogP contribution in [0.15, 0.2) is 71.6 Å². The first-order valence-electron chi connectivity index (χ1n) is 10.0. The predicted molar refractivity (Wildman–Crippen MR) is 128 cm³/mol. The van der Waals surface area contributed by atoms with Crippen molar-refractivity contribution in [1.82, 2.24) is 0 Å². The van der Waals surface area contributed by atoms with Crippen LogP contribution in [-0.4, -0.2) is 34.4 Å². The molecule has 3 rings (SSSR count). The van der Waals surface area contributed by atoms with Crippen LogP contribution in [0.1, 0.15) is 22.8 Å². The number of nitrogens with one attached hydrogen (secondary N) is 2. The van der Waals surface area contributed by atoms with Crippen molar-refractivity contribution in [1.29, 1.82) is 0 Å². The molecule has 0 aliphatic heterocycles. The monoisotopic (exact) mass is 467 g/mol. The molecule has 3 aromatic carbocycles. The van der Waals surface area contributed by atoms with Crippen molar-refractivity contribution < 1.29 is 22.7 Å². The molecule has 0 saturated carbocycles. The zero-order valence-corrected chi connectivity index (χ0v) is 19.6. The molecule has 0 aliphatic rings. The average Bonchev–Trinajstić information content (AvgIpc) is 2.79. The second-order valence-corrected chi connectivity index (χ2v) is 9.07. The van der Waals surface area contributed by atoms with E-state index >= 15 is 0 Å². The van der Waals surface area contributed by atoms with Crippen molar-refractivity contribution in [3.8, 4) is 5.75 Å². The number of hydrogen-bond donors (Lipinski definition) is 2. The van der Waals surface area contributed by atoms with E-state index in [0.717, 1.165) is 0 Å². The average molecular weight is 468 g/mol. The van der Waals surface area contributed by atoms with Gasteiger partial charge in [-0.15, -0.1) is 0 Å². The number of aryl methyl sites for hydroxylation is 1. The number of benzene rings is 3. The Bertz CT molecular complexity index is 1270. The van der Waals surface area contributed by atoms with Gasteiger partial charge in [0, 0.05) is 36.6 Å². The van der Waals surface area contributed by atoms with E-state index in [1.54, 1.807) is 68.6 Å². The van der Waals surface area contributed by atoms with E-state index in [-0.39, 0.29) is 16.4 Å². The molecule has 33 heavy (non-hydrogen) atoms. The highest BCUT2D eigenvalue weighted by molar-refractivity contribution is 7.92. The van der Waals surface area contributed by atoms with Gasteiger partial charge in [-0.3, -0.25) is 14.3 Å². The molecule has 9 heteroatoms. The highest BCUT2D eigenvalue weighted by Gasteiger charge is 2.19. The van der Waals surface area contributed by atoms with Crippen LogP contribution in [0, 0.1) is 6.92 Å². The van der Waals surface area contributed by atoms with E-state index in [4.69, 9.17) is 4.74 Å². The molecule has 3 aromatic rings. The van der Waals surface area contributed by atoms with Crippen LogP contribution < -0.4 is 19.7 Å². The minimum absolute atomic E-state index is 0.0347. The van der Waals surface area contributed by atoms with Crippen molar-refractivity contribution in [2.75, 3.05) is 29.1 Å². The zero-order valence-electron chi connectivity index (χ0n) is 18.7. The second kappa shape index (κ2) is 9.74. The second-order valence-electron chi connectivity index (χ2n) is 7.39. The summed E-state index contributed by atoms with van der Waals surface area (Å²) in [5.41, 5.74) is 2.44. The van der Waals surface area contributed by atoms with E-state index in [2.05, 4.69) is 10.0 Å². The maximum absolute atomic E-state index is 12.9. The summed E-state index contributed by atoms with van der Waals surface area (Å²) in [6.45, 7) is 3.19. The number of hydrogen-bond acceptors (Lipinski definition) is 5. The molecule has 0 bridgehead atoms. The molecule has 0 spiro atoms. The summed E-state index contributed by atoms with van der Waals surface area (Å²) in [6.07, 6.45) is 0. The maximum Gasteiger partial charge on any atom is 0.261 e. The molecule has 172 valence electrons. The highest BCUT2D eigenvalue weighted by atomic mass is 32.2. The van der Waals surface area contributed by atoms with Gasteiger partial charge in [0.1, 0.15) is 5.75 Å². The highest BCUT2D eigenvalue weighted by Crippen LogP contribution is 2.23. The summed E-state index contributed by atoms with van der Waals surface area (Å²) in [4.78, 5) is 25.8. The number of carbonyl (C=O) groups is 2. The molecule has 0 aromatic heterocycles. The molecule has 2 amide bonds. The first kappa shape index (κ1) is 23.8. The first-order chi connectivity index (χ1) is 15.6. The zero-order chi connectivity index (χ0) is 24.2. The topological polar surface area (TPSA) is 105 Å². The van der Waals surface area contributed by atoms with Crippen LogP contribution in [0.5, 0.6) is 5.75 Å². The number of amides is 2. The van der Waals surface area contributed by atoms with Gasteiger partial charge in [0.15, 0.2) is 0 Å². The maximum atomic E-state index is 12.9. The van der Waals surface area contributed by atoms with Crippen LogP contribution >= 0.6 is 0 Å². The fraction of sp³-hybridized carbons (Fsp3) is 0.167. The van der Waals surface area contributed by atoms with Crippen LogP contribution in [0.2, 0.25) is 0 Å². The smallest absolute Gasteiger partial charge is 0.261 e. The van der Waals surface area contributed by atoms with Gasteiger partial charge in [0.2, 0.25) is 5.91 Å². The molecule has 2 N–H and O–H groups in total. The normalized spacial score (nSPS) is 10.9. The third kappa shape index (κ3) is 5.69. The number of nitrogens with zero attached hydrogens (tertiary/aromatic N) is 1. The Morgan fingerprint density at radius 2 is 1.52 bits per heavy atom. The van der Waals surface area contributed by atoms with Gasteiger partial charge < -0.3 is 15.0 Å². The lowest BCUT2D eigenvalue weighted by molar-refractivity contribution is -0.116. The van der Waals surface area contributed by atoms with Crippen LogP contribution in [0.25, 0.3) is 0 Å². The molecule has 0 heterocycles. The molecular weight excluding hydrogens is 442 g/mol. The van der Waals surface area contributed by atoms with E-state index in [0.29, 0.717) is 28.4 Å². The van der Waals surface area contributed by atoms with E-state index in [9.17, 15) is 18.0 Å². The first-order valence-corrected chi connectivity index (χ1v) is 11.5. The van der Waals surface area contributed by atoms with Gasteiger partial charge in [-0.25, -0.2) is 8.42 Å². The number of methoxy groups -OCH3 is 1. The van der Waals surface area contributed by atoms with E-state index < -0.39 is 15.9 Å². The van der Waals surface area contributed by atoms with Gasteiger partial charge in [-0.2, -0.15) is 0 Å². The van der Waals surface area contributed by atoms with Crippen molar-refractivity contribution in [2.24, 2.45) is 0 Å². The SMILES string of the molecule is COc1ccc(NS(=O)(=O)c2ccc(C)c(C(=O)Nc3ccc(N(C)C(C)=O)cc3)c2)cc1. The van der Waals surface area contributed by atoms with E-state index in [1.165, 1.54) is 31.1 Å². The number of anilines is 3. The molecule has 0 saturated heterocycles. The Morgan fingerprint density at radius 3 is 2.09 bits per heavy atom. The molecular formula is C24H25N3O5S. The van der Waals surface area contributed by atoms with Gasteiger partial charge in [-0.1, -0.05) is 6.07 Å². The third-order valence-electron chi connectivity index (χ3n) is 5.09. The lowest BCUT2D eigenvalue weighted by Crippen LogP contribution is -2.22. The Morgan fingerprint density at radius 1 is 0.909 bits per heavy atom. The number of rotatable bonds is 7. The van der Waals surface area contributed by atoms with Crippen LogP contribution in [-0.2, 0) is 14.8 Å². The standard InChI is InChI=1S/C24H25N3O5S/c1-16-5-14-22(33(30,31)26-19-8-12-21(32-4)13-9-19)15-23(16)24(29)25-18-6-10-20(11-7-18)27(3)17(2)28/h5-15,26H,1-4H3,(H,25,29). The van der Waals surface area contributed by atoms with E-state index in [1.807, 2.05) is 0 Å². The summed E-state index contributed by atoms with van der Waals surface area (Å²) in [7, 11) is -0.727. The summed E-state index contributed by atoms with van der Waals surface area (Å²) >= 11 is 0. The Balaban J connectivity index is 1.80. The minimum atomic E-state index is -3.91. The van der Waals surface area contributed by atoms with Gasteiger partial charge in [0.25, 0.3) is 15.9 Å². The summed E-state index contributed by atoms with van der Waals surface area (Å²) in [5, 5.41) is 2.76. The Labute approximate surface area is 193 Å². The predicted octanol–water partition coefficient (Wildman–Crippen LogP) is 4.04. The lowest BCUT2D eigenvalue weighted by Gasteiger charge is -2.16. The molecule has 0 radical (unpaired) electrons. The Kier molecular flexibility index (Phi) is 7.03. The largest absolute Gasteiger partial charge is 0.497 e. The molecule has 0 aliphatic carbocycles. The summed E-state index contributed by atoms with van der Waals surface area (Å²) in [5.74, 6) is 0.0542. The molecule has 0 unspecified atom stereocenters. The van der Waals surface area contributed by atoms with Crippen LogP contribution in [0.4, 0.5) is 17.1 Å². The van der Waals surface area contributed by atoms with Crippen molar-refractivity contribution in [3.05, 3.63) is 77.9 Å². The summed E-state index contributed by atoms with van der Waals surface area (Å²) < 4.78 is 33.3. The number of carbonyl (C=O) groups excluding carboxylic acids is 2.